The fourth-order valence-electron chi connectivity index (χ4n) is 2.60. The van der Waals surface area contributed by atoms with Crippen molar-refractivity contribution in [2.24, 2.45) is 0 Å². The van der Waals surface area contributed by atoms with Gasteiger partial charge in [-0.05, 0) is 42.5 Å². The minimum atomic E-state index is -4.56. The van der Waals surface area contributed by atoms with E-state index >= 15 is 0 Å². The van der Waals surface area contributed by atoms with Crippen molar-refractivity contribution < 1.29 is 32.2 Å². The molecule has 164 valence electrons. The van der Waals surface area contributed by atoms with E-state index in [1.165, 1.54) is 23.8 Å². The van der Waals surface area contributed by atoms with E-state index in [4.69, 9.17) is 14.2 Å². The van der Waals surface area contributed by atoms with Gasteiger partial charge in [-0.3, -0.25) is 4.79 Å². The van der Waals surface area contributed by atoms with Crippen LogP contribution in [0.1, 0.15) is 16.1 Å². The predicted molar refractivity (Wildman–Crippen MR) is 111 cm³/mol. The van der Waals surface area contributed by atoms with Gasteiger partial charge in [-0.15, -0.1) is 11.3 Å². The number of hydrogen-bond donors (Lipinski definition) is 1. The Labute approximate surface area is 180 Å². The van der Waals surface area contributed by atoms with Crippen LogP contribution in [0.15, 0.2) is 47.8 Å². The zero-order valence-electron chi connectivity index (χ0n) is 16.7. The fourth-order valence-corrected chi connectivity index (χ4v) is 3.40. The third kappa shape index (κ3) is 5.74. The lowest BCUT2D eigenvalue weighted by Gasteiger charge is -2.15. The van der Waals surface area contributed by atoms with Crippen molar-refractivity contribution in [3.05, 3.63) is 59.1 Å². The number of rotatable bonds is 8. The zero-order chi connectivity index (χ0) is 22.4. The highest BCUT2D eigenvalue weighted by Crippen LogP contribution is 2.35. The molecular formula is C21H19F3N2O4S. The molecule has 0 spiro atoms. The van der Waals surface area contributed by atoms with Gasteiger partial charge in [0.25, 0.3) is 5.91 Å². The highest BCUT2D eigenvalue weighted by atomic mass is 32.1. The Morgan fingerprint density at radius 1 is 1.10 bits per heavy atom. The van der Waals surface area contributed by atoms with Crippen LogP contribution in [0, 0.1) is 0 Å². The summed E-state index contributed by atoms with van der Waals surface area (Å²) in [4.78, 5) is 16.9. The molecule has 0 fully saturated rings. The van der Waals surface area contributed by atoms with Gasteiger partial charge >= 0.3 is 6.18 Å². The normalized spacial score (nSPS) is 11.3. The molecule has 1 aromatic heterocycles. The number of halogens is 3. The molecule has 1 N–H and O–H groups in total. The van der Waals surface area contributed by atoms with Gasteiger partial charge in [0.1, 0.15) is 28.8 Å². The first-order valence-corrected chi connectivity index (χ1v) is 9.94. The van der Waals surface area contributed by atoms with E-state index < -0.39 is 17.6 Å². The molecule has 3 aromatic rings. The molecule has 0 atom stereocenters. The molecule has 10 heteroatoms. The number of aromatic nitrogens is 1. The molecule has 0 aliphatic heterocycles. The summed E-state index contributed by atoms with van der Waals surface area (Å²) in [6.45, 7) is 0.356. The second-order valence-electron chi connectivity index (χ2n) is 6.27. The molecular weight excluding hydrogens is 433 g/mol. The fraction of sp³-hybridized carbons (Fsp3) is 0.238. The van der Waals surface area contributed by atoms with Crippen LogP contribution in [0.5, 0.6) is 11.5 Å². The lowest BCUT2D eigenvalue weighted by molar-refractivity contribution is -0.137. The maximum Gasteiger partial charge on any atom is 0.416 e. The molecule has 1 heterocycles. The van der Waals surface area contributed by atoms with Crippen LogP contribution in [0.2, 0.25) is 0 Å². The van der Waals surface area contributed by atoms with Crippen molar-refractivity contribution in [1.82, 2.24) is 4.98 Å². The first-order chi connectivity index (χ1) is 14.8. The number of carbonyl (C=O) groups is 1. The number of anilines is 1. The largest absolute Gasteiger partial charge is 0.497 e. The maximum atomic E-state index is 13.1. The van der Waals surface area contributed by atoms with Gasteiger partial charge in [0.15, 0.2) is 0 Å². The van der Waals surface area contributed by atoms with Gasteiger partial charge in [-0.2, -0.15) is 13.2 Å². The van der Waals surface area contributed by atoms with E-state index in [1.54, 1.807) is 31.4 Å². The molecule has 3 rings (SSSR count). The van der Waals surface area contributed by atoms with Crippen LogP contribution in [0.3, 0.4) is 0 Å². The standard InChI is InChI=1S/C21H19F3N2O4S/c1-28-9-10-30-18-8-5-14(21(22,23)24)11-16(18)25-19(27)17-12-31-20(26-17)13-3-6-15(29-2)7-4-13/h3-8,11-12H,9-10H2,1-2H3,(H,25,27). The van der Waals surface area contributed by atoms with Crippen LogP contribution >= 0.6 is 11.3 Å². The lowest BCUT2D eigenvalue weighted by atomic mass is 10.1. The molecule has 0 radical (unpaired) electrons. The van der Waals surface area contributed by atoms with Crippen molar-refractivity contribution in [2.75, 3.05) is 32.8 Å². The summed E-state index contributed by atoms with van der Waals surface area (Å²) >= 11 is 1.24. The van der Waals surface area contributed by atoms with Gasteiger partial charge in [0.05, 0.1) is 25.0 Å². The lowest BCUT2D eigenvalue weighted by Crippen LogP contribution is -2.15. The molecule has 2 aromatic carbocycles. The number of benzene rings is 2. The molecule has 0 aliphatic carbocycles. The zero-order valence-corrected chi connectivity index (χ0v) is 17.5. The smallest absolute Gasteiger partial charge is 0.416 e. The van der Waals surface area contributed by atoms with Gasteiger partial charge in [0.2, 0.25) is 0 Å². The van der Waals surface area contributed by atoms with Gasteiger partial charge < -0.3 is 19.5 Å². The molecule has 1 amide bonds. The minimum absolute atomic E-state index is 0.0797. The van der Waals surface area contributed by atoms with E-state index in [-0.39, 0.29) is 30.3 Å². The van der Waals surface area contributed by atoms with E-state index in [0.29, 0.717) is 10.8 Å². The number of nitrogens with one attached hydrogen (secondary N) is 1. The number of hydrogen-bond acceptors (Lipinski definition) is 6. The Morgan fingerprint density at radius 2 is 1.84 bits per heavy atom. The van der Waals surface area contributed by atoms with E-state index in [9.17, 15) is 18.0 Å². The Bertz CT molecular complexity index is 1040. The predicted octanol–water partition coefficient (Wildman–Crippen LogP) is 5.12. The number of thiazole rings is 1. The van der Waals surface area contributed by atoms with Crippen LogP contribution in [-0.2, 0) is 10.9 Å². The first kappa shape index (κ1) is 22.6. The molecule has 0 bridgehead atoms. The minimum Gasteiger partial charge on any atom is -0.497 e. The molecule has 0 saturated heterocycles. The van der Waals surface area contributed by atoms with Crippen LogP contribution in [-0.4, -0.2) is 38.3 Å². The van der Waals surface area contributed by atoms with Crippen LogP contribution in [0.25, 0.3) is 10.6 Å². The number of alkyl halides is 3. The number of ether oxygens (including phenoxy) is 3. The summed E-state index contributed by atoms with van der Waals surface area (Å²) in [6.07, 6.45) is -4.56. The first-order valence-electron chi connectivity index (χ1n) is 9.06. The molecule has 31 heavy (non-hydrogen) atoms. The number of amides is 1. The third-order valence-electron chi connectivity index (χ3n) is 4.17. The quantitative estimate of drug-likeness (QED) is 0.481. The SMILES string of the molecule is COCCOc1ccc(C(F)(F)F)cc1NC(=O)c1csc(-c2ccc(OC)cc2)n1. The summed E-state index contributed by atoms with van der Waals surface area (Å²) in [5.74, 6) is 0.139. The molecule has 0 aliphatic rings. The average Bonchev–Trinajstić information content (AvgIpc) is 3.24. The Balaban J connectivity index is 1.82. The number of nitrogens with zero attached hydrogens (tertiary/aromatic N) is 1. The van der Waals surface area contributed by atoms with Gasteiger partial charge in [-0.25, -0.2) is 4.98 Å². The summed E-state index contributed by atoms with van der Waals surface area (Å²) in [5, 5.41) is 4.60. The van der Waals surface area contributed by atoms with Gasteiger partial charge in [0, 0.05) is 18.1 Å². The highest BCUT2D eigenvalue weighted by Gasteiger charge is 2.31. The summed E-state index contributed by atoms with van der Waals surface area (Å²) in [5.41, 5.74) is -0.141. The topological polar surface area (TPSA) is 69.7 Å². The monoisotopic (exact) mass is 452 g/mol. The number of methoxy groups -OCH3 is 2. The van der Waals surface area contributed by atoms with Crippen molar-refractivity contribution in [1.29, 1.82) is 0 Å². The van der Waals surface area contributed by atoms with Crippen molar-refractivity contribution in [3.63, 3.8) is 0 Å². The maximum absolute atomic E-state index is 13.1. The van der Waals surface area contributed by atoms with Gasteiger partial charge in [-0.1, -0.05) is 0 Å². The third-order valence-corrected chi connectivity index (χ3v) is 5.07. The second kappa shape index (κ2) is 9.80. The summed E-state index contributed by atoms with van der Waals surface area (Å²) in [7, 11) is 3.03. The van der Waals surface area contributed by atoms with Crippen molar-refractivity contribution in [2.45, 2.75) is 6.18 Å². The highest BCUT2D eigenvalue weighted by molar-refractivity contribution is 7.13. The van der Waals surface area contributed by atoms with Crippen molar-refractivity contribution >= 4 is 22.9 Å². The van der Waals surface area contributed by atoms with Crippen LogP contribution < -0.4 is 14.8 Å². The van der Waals surface area contributed by atoms with E-state index in [1.807, 2.05) is 0 Å². The van der Waals surface area contributed by atoms with Crippen molar-refractivity contribution in [3.8, 4) is 22.1 Å². The van der Waals surface area contributed by atoms with Crippen LogP contribution in [0.4, 0.5) is 18.9 Å². The molecule has 6 nitrogen and oxygen atoms in total. The average molecular weight is 452 g/mol. The Kier molecular flexibility index (Phi) is 7.13. The number of carbonyl (C=O) groups excluding carboxylic acids is 1. The molecule has 0 saturated carbocycles. The summed E-state index contributed by atoms with van der Waals surface area (Å²) in [6, 6.07) is 10.0. The Morgan fingerprint density at radius 3 is 2.48 bits per heavy atom. The summed E-state index contributed by atoms with van der Waals surface area (Å²) < 4.78 is 54.8. The molecule has 0 unspecified atom stereocenters. The van der Waals surface area contributed by atoms with E-state index in [2.05, 4.69) is 10.3 Å². The second-order valence-corrected chi connectivity index (χ2v) is 7.13. The van der Waals surface area contributed by atoms with E-state index in [0.717, 1.165) is 23.8 Å². The Hall–Kier alpha value is -3.11.